The topological polar surface area (TPSA) is 58.5 Å². The van der Waals surface area contributed by atoms with Crippen molar-refractivity contribution in [3.8, 4) is 67.6 Å². The number of nitrogens with zero attached hydrogens (tertiary/aromatic N) is 5. The lowest BCUT2D eigenvalue weighted by Gasteiger charge is -2.25. The highest BCUT2D eigenvalue weighted by atomic mass is 16.5. The van der Waals surface area contributed by atoms with Crippen LogP contribution in [0, 0.1) is 0 Å². The van der Waals surface area contributed by atoms with Crippen LogP contribution in [0.3, 0.4) is 0 Å². The molecule has 8 heteroatoms. The largest absolute Gasteiger partial charge is 0.457 e. The second-order valence-electron chi connectivity index (χ2n) is 31.8. The van der Waals surface area contributed by atoms with Gasteiger partial charge < -0.3 is 18.5 Å². The average Bonchev–Trinajstić information content (AvgIpc) is 1.52. The number of para-hydroxylation sites is 3. The van der Waals surface area contributed by atoms with E-state index in [9.17, 15) is 0 Å². The molecule has 1 aliphatic rings. The minimum atomic E-state index is -0.198. The molecule has 25 rings (SSSR count). The molecule has 8 nitrogen and oxygen atoms in total. The van der Waals surface area contributed by atoms with Gasteiger partial charge in [0.2, 0.25) is 22.9 Å². The second-order valence-corrected chi connectivity index (χ2v) is 31.8. The quantitative estimate of drug-likeness (QED) is 0.129. The molecule has 0 spiro atoms. The fourth-order valence-electron chi connectivity index (χ4n) is 19.9. The zero-order valence-electron chi connectivity index (χ0n) is 63.8. The van der Waals surface area contributed by atoms with Crippen LogP contribution in [-0.4, -0.2) is 18.3 Å². The number of anilines is 3. The lowest BCUT2D eigenvalue weighted by molar-refractivity contribution is 0.489. The minimum absolute atomic E-state index is 0.198. The third-order valence-electron chi connectivity index (χ3n) is 25.1. The predicted octanol–water partition coefficient (Wildman–Crippen LogP) is 29.9. The van der Waals surface area contributed by atoms with Gasteiger partial charge in [0.15, 0.2) is 0 Å². The van der Waals surface area contributed by atoms with Crippen LogP contribution in [0.2, 0.25) is 0 Å². The predicted molar refractivity (Wildman–Crippen MR) is 485 cm³/mol. The van der Waals surface area contributed by atoms with E-state index in [0.717, 1.165) is 183 Å². The maximum absolute atomic E-state index is 7.85. The molecule has 0 radical (unpaired) electrons. The summed E-state index contributed by atoms with van der Waals surface area (Å²) in [6.45, 7) is 4.74. The number of fused-ring (bicyclic) bond motifs is 26. The summed E-state index contributed by atoms with van der Waals surface area (Å²) < 4.78 is 32.6. The van der Waals surface area contributed by atoms with Crippen molar-refractivity contribution in [2.75, 3.05) is 4.90 Å². The number of ether oxygens (including phenoxy) is 1. The molecule has 0 aliphatic heterocycles. The Morgan fingerprint density at radius 2 is 0.709 bits per heavy atom. The molecule has 0 saturated heterocycles. The number of benzene rings is 18. The zero-order chi connectivity index (χ0) is 76.9. The summed E-state index contributed by atoms with van der Waals surface area (Å²) in [6.07, 6.45) is 0. The van der Waals surface area contributed by atoms with Gasteiger partial charge in [0, 0.05) is 82.9 Å². The molecule has 0 unspecified atom stereocenters. The van der Waals surface area contributed by atoms with Crippen molar-refractivity contribution in [1.82, 2.24) is 18.3 Å². The van der Waals surface area contributed by atoms with Crippen molar-refractivity contribution in [2.24, 2.45) is 0 Å². The lowest BCUT2D eigenvalue weighted by atomic mass is 9.82. The van der Waals surface area contributed by atoms with Crippen LogP contribution in [0.1, 0.15) is 25.0 Å². The molecule has 0 atom stereocenters. The van der Waals surface area contributed by atoms with Crippen molar-refractivity contribution in [3.63, 3.8) is 0 Å². The molecule has 0 saturated carbocycles. The van der Waals surface area contributed by atoms with Crippen molar-refractivity contribution in [1.29, 1.82) is 0 Å². The highest BCUT2D eigenvalue weighted by Gasteiger charge is 2.38. The molecule has 0 amide bonds. The molecule has 6 heterocycles. The smallest absolute Gasteiger partial charge is 0.215 e. The highest BCUT2D eigenvalue weighted by molar-refractivity contribution is 6.36. The molecular weight excluding hydrogens is 1430 g/mol. The molecule has 24 aromatic rings. The summed E-state index contributed by atoms with van der Waals surface area (Å²) in [5, 5.41) is 20.0. The Bertz CT molecular complexity index is 8250. The molecular formula is C109H69N5O3. The average molecular weight is 1500 g/mol. The van der Waals surface area contributed by atoms with E-state index in [1.54, 1.807) is 0 Å². The van der Waals surface area contributed by atoms with Crippen LogP contribution < -0.4 is 9.64 Å². The van der Waals surface area contributed by atoms with E-state index < -0.39 is 0 Å². The number of rotatable bonds is 11. The first-order valence-electron chi connectivity index (χ1n) is 40.2. The van der Waals surface area contributed by atoms with E-state index in [0.29, 0.717) is 0 Å². The van der Waals surface area contributed by atoms with E-state index in [-0.39, 0.29) is 5.41 Å². The molecule has 0 N–H and O–H groups in total. The summed E-state index contributed by atoms with van der Waals surface area (Å²) >= 11 is 0. The van der Waals surface area contributed by atoms with Gasteiger partial charge in [0.05, 0.1) is 43.6 Å². The molecule has 18 aromatic carbocycles. The normalized spacial score (nSPS) is 12.8. The summed E-state index contributed by atoms with van der Waals surface area (Å²) in [5.74, 6) is 1.45. The Morgan fingerprint density at radius 1 is 0.256 bits per heavy atom. The number of hydrogen-bond donors (Lipinski definition) is 0. The maximum atomic E-state index is 7.85. The standard InChI is InChI=1S/C109H69N5O3/c1-109(2)91-58-56-80(64-89(91)88-62-72-30-15-16-31-73(72)63-92(88)109)114-103-85-42-22-19-29-69(85)47-57-87(103)99-101-97-83-40-20-17-27-67(83)48-59-93(97)111(107(101)116-105(99)114)77-50-45-70(46-51-77)82-43-24-44-86-96(82)95(115-81-38-13-6-14-39-81)65-90-100-102-98-84-41-21-18-28-68(84)49-60-94(98)112(78-54-52-76(53-55-78)110(74-33-9-4-10-34-74)75-35-11-5-12-36-75)108(102)117-106(100)113(104(86)90)79-37-23-32-71(61-79)66-25-7-3-8-26-66/h3-65H,1-2H3. The monoisotopic (exact) mass is 1500 g/mol. The van der Waals surface area contributed by atoms with Gasteiger partial charge >= 0.3 is 0 Å². The molecule has 548 valence electrons. The lowest BCUT2D eigenvalue weighted by Crippen LogP contribution is -2.15. The van der Waals surface area contributed by atoms with Crippen LogP contribution in [0.25, 0.3) is 198 Å². The highest BCUT2D eigenvalue weighted by Crippen LogP contribution is 2.56. The second kappa shape index (κ2) is 24.8. The van der Waals surface area contributed by atoms with Crippen LogP contribution in [0.5, 0.6) is 11.5 Å². The van der Waals surface area contributed by atoms with Crippen LogP contribution >= 0.6 is 0 Å². The number of aromatic nitrogens is 4. The molecule has 0 fully saturated rings. The summed E-state index contributed by atoms with van der Waals surface area (Å²) in [7, 11) is 0. The third kappa shape index (κ3) is 9.52. The SMILES string of the molecule is CC1(C)c2ccc(-n3c4oc5c(c6c7ccccc7ccc6n5-c5ccc(-c6cccc7c6c(Oc6ccccc6)cc6c8c9c%10c%11ccccc%11ccc%10n(-c%10ccc(N(c%11ccccc%11)c%11ccccc%11)cc%10)c9oc8n(-c8cccc(-c9ccccc9)c8)c76)cc5)c4c4ccc5ccccc5c43)cc2-c2cc3ccccc3cc21. The Labute approximate surface area is 671 Å². The van der Waals surface area contributed by atoms with Gasteiger partial charge in [-0.15, -0.1) is 0 Å². The Hall–Kier alpha value is -15.4. The molecule has 0 bridgehead atoms. The van der Waals surface area contributed by atoms with Gasteiger partial charge in [-0.2, -0.15) is 0 Å². The minimum Gasteiger partial charge on any atom is -0.457 e. The van der Waals surface area contributed by atoms with Crippen molar-refractivity contribution >= 4 is 159 Å². The fraction of sp³-hybridized carbons (Fsp3) is 0.0275. The van der Waals surface area contributed by atoms with Crippen LogP contribution in [0.15, 0.2) is 391 Å². The van der Waals surface area contributed by atoms with E-state index >= 15 is 0 Å². The Morgan fingerprint density at radius 3 is 1.34 bits per heavy atom. The van der Waals surface area contributed by atoms with Gasteiger partial charge in [0.25, 0.3) is 0 Å². The van der Waals surface area contributed by atoms with Gasteiger partial charge in [-0.3, -0.25) is 18.3 Å². The summed E-state index contributed by atoms with van der Waals surface area (Å²) in [4.78, 5) is 2.30. The van der Waals surface area contributed by atoms with Gasteiger partial charge in [-0.1, -0.05) is 269 Å². The van der Waals surface area contributed by atoms with Crippen molar-refractivity contribution < 1.29 is 13.6 Å². The zero-order valence-corrected chi connectivity index (χ0v) is 63.8. The summed E-state index contributed by atoms with van der Waals surface area (Å²) in [6, 6.07) is 139. The van der Waals surface area contributed by atoms with Crippen molar-refractivity contribution in [3.05, 3.63) is 393 Å². The van der Waals surface area contributed by atoms with Gasteiger partial charge in [-0.25, -0.2) is 0 Å². The van der Waals surface area contributed by atoms with E-state index in [1.807, 2.05) is 30.3 Å². The van der Waals surface area contributed by atoms with Crippen LogP contribution in [0.4, 0.5) is 17.1 Å². The Balaban J connectivity index is 0.716. The first-order chi connectivity index (χ1) is 57.8. The number of furan rings is 2. The van der Waals surface area contributed by atoms with Crippen LogP contribution in [-0.2, 0) is 5.41 Å². The van der Waals surface area contributed by atoms with E-state index in [1.165, 1.54) is 54.6 Å². The molecule has 117 heavy (non-hydrogen) atoms. The first kappa shape index (κ1) is 65.2. The fourth-order valence-corrected chi connectivity index (χ4v) is 19.9. The van der Waals surface area contributed by atoms with Gasteiger partial charge in [-0.05, 0) is 210 Å². The van der Waals surface area contributed by atoms with E-state index in [2.05, 4.69) is 389 Å². The maximum Gasteiger partial charge on any atom is 0.215 e. The van der Waals surface area contributed by atoms with Gasteiger partial charge in [0.1, 0.15) is 11.5 Å². The number of hydrogen-bond acceptors (Lipinski definition) is 4. The Kier molecular flexibility index (Phi) is 13.8. The molecule has 1 aliphatic carbocycles. The van der Waals surface area contributed by atoms with E-state index in [4.69, 9.17) is 13.6 Å². The third-order valence-corrected chi connectivity index (χ3v) is 25.1. The summed E-state index contributed by atoms with van der Waals surface area (Å²) in [5.41, 5.74) is 23.7. The van der Waals surface area contributed by atoms with Crippen molar-refractivity contribution in [2.45, 2.75) is 19.3 Å². The molecule has 6 aromatic heterocycles. The first-order valence-corrected chi connectivity index (χ1v) is 40.2.